The van der Waals surface area contributed by atoms with E-state index in [0.717, 1.165) is 11.3 Å². The van der Waals surface area contributed by atoms with Gasteiger partial charge >= 0.3 is 5.97 Å². The second-order valence-corrected chi connectivity index (χ2v) is 5.18. The summed E-state index contributed by atoms with van der Waals surface area (Å²) in [4.78, 5) is 10.9. The Morgan fingerprint density at radius 2 is 1.85 bits per heavy atom. The molecule has 0 amide bonds. The van der Waals surface area contributed by atoms with Crippen molar-refractivity contribution in [3.05, 3.63) is 29.8 Å². The minimum Gasteiger partial charge on any atom is -0.490 e. The molecule has 20 heavy (non-hydrogen) atoms. The van der Waals surface area contributed by atoms with Crippen LogP contribution in [0.25, 0.3) is 0 Å². The molecule has 1 aromatic carbocycles. The van der Waals surface area contributed by atoms with Crippen molar-refractivity contribution in [1.29, 1.82) is 0 Å². The lowest BCUT2D eigenvalue weighted by Crippen LogP contribution is -2.18. The highest BCUT2D eigenvalue weighted by atomic mass is 16.5. The van der Waals surface area contributed by atoms with E-state index in [4.69, 9.17) is 9.84 Å². The summed E-state index contributed by atoms with van der Waals surface area (Å²) in [5, 5.41) is 8.91. The summed E-state index contributed by atoms with van der Waals surface area (Å²) in [6.07, 6.45) is 0.162. The lowest BCUT2D eigenvalue weighted by molar-refractivity contribution is -0.137. The number of aliphatic carboxylic acids is 1. The van der Waals surface area contributed by atoms with Gasteiger partial charge in [-0.05, 0) is 37.5 Å². The summed E-state index contributed by atoms with van der Waals surface area (Å²) in [5.41, 5.74) is 0.909. The maximum atomic E-state index is 10.9. The van der Waals surface area contributed by atoms with Crippen molar-refractivity contribution in [2.24, 2.45) is 5.92 Å². The van der Waals surface area contributed by atoms with Crippen LogP contribution >= 0.6 is 0 Å². The van der Waals surface area contributed by atoms with Gasteiger partial charge in [0.25, 0.3) is 0 Å². The fraction of sp³-hybridized carbons (Fsp3) is 0.471. The minimum atomic E-state index is -0.841. The van der Waals surface area contributed by atoms with Crippen LogP contribution in [0.15, 0.2) is 24.3 Å². The summed E-state index contributed by atoms with van der Waals surface area (Å²) in [5.74, 6) is 5.86. The van der Waals surface area contributed by atoms with Gasteiger partial charge < -0.3 is 9.84 Å². The summed E-state index contributed by atoms with van der Waals surface area (Å²) < 4.78 is 5.80. The van der Waals surface area contributed by atoms with E-state index in [9.17, 15) is 4.79 Å². The zero-order valence-corrected chi connectivity index (χ0v) is 12.5. The smallest absolute Gasteiger partial charge is 0.304 e. The van der Waals surface area contributed by atoms with Crippen LogP contribution in [0.5, 0.6) is 5.75 Å². The third kappa shape index (κ3) is 4.97. The number of rotatable bonds is 6. The molecule has 0 saturated heterocycles. The van der Waals surface area contributed by atoms with Gasteiger partial charge in [0.15, 0.2) is 0 Å². The summed E-state index contributed by atoms with van der Waals surface area (Å²) >= 11 is 0. The van der Waals surface area contributed by atoms with Crippen LogP contribution < -0.4 is 4.74 Å². The molecule has 2 unspecified atom stereocenters. The first-order chi connectivity index (χ1) is 9.43. The zero-order chi connectivity index (χ0) is 15.1. The van der Waals surface area contributed by atoms with Crippen LogP contribution in [-0.2, 0) is 4.79 Å². The van der Waals surface area contributed by atoms with E-state index >= 15 is 0 Å². The van der Waals surface area contributed by atoms with Crippen LogP contribution in [0.2, 0.25) is 0 Å². The Hall–Kier alpha value is -1.95. The largest absolute Gasteiger partial charge is 0.490 e. The van der Waals surface area contributed by atoms with E-state index in [1.54, 1.807) is 6.92 Å². The first-order valence-electron chi connectivity index (χ1n) is 6.84. The summed E-state index contributed by atoms with van der Waals surface area (Å²) in [6, 6.07) is 7.53. The van der Waals surface area contributed by atoms with Gasteiger partial charge in [-0.1, -0.05) is 31.9 Å². The lowest BCUT2D eigenvalue weighted by Gasteiger charge is -2.18. The first kappa shape index (κ1) is 16.1. The van der Waals surface area contributed by atoms with Gasteiger partial charge in [0.05, 0.1) is 18.4 Å². The van der Waals surface area contributed by atoms with E-state index in [-0.39, 0.29) is 18.4 Å². The van der Waals surface area contributed by atoms with Crippen LogP contribution in [0, 0.1) is 17.8 Å². The zero-order valence-electron chi connectivity index (χ0n) is 12.5. The third-order valence-electron chi connectivity index (χ3n) is 3.24. The second kappa shape index (κ2) is 7.59. The summed E-state index contributed by atoms with van der Waals surface area (Å²) in [6.45, 7) is 7.97. The molecule has 0 heterocycles. The molecular weight excluding hydrogens is 252 g/mol. The van der Waals surface area contributed by atoms with Gasteiger partial charge in [-0.2, -0.15) is 0 Å². The van der Waals surface area contributed by atoms with Crippen molar-refractivity contribution in [1.82, 2.24) is 0 Å². The molecule has 0 aliphatic carbocycles. The fourth-order valence-electron chi connectivity index (χ4n) is 1.73. The average molecular weight is 274 g/mol. The Morgan fingerprint density at radius 1 is 1.25 bits per heavy atom. The van der Waals surface area contributed by atoms with Crippen LogP contribution in [0.3, 0.4) is 0 Å². The number of carboxylic acid groups (broad SMARTS) is 1. The highest BCUT2D eigenvalue weighted by Crippen LogP contribution is 2.23. The normalized spacial score (nSPS) is 13.2. The standard InChI is InChI=1S/C17H22O3/c1-5-6-15(11-17(18)19)14-7-9-16(10-8-14)20-13(4)12(2)3/h7-10,12-13,15H,11H2,1-4H3,(H,18,19). The molecular formula is C17H22O3. The van der Waals surface area contributed by atoms with Gasteiger partial charge in [0.1, 0.15) is 5.75 Å². The van der Waals surface area contributed by atoms with Crippen LogP contribution in [0.1, 0.15) is 45.6 Å². The first-order valence-corrected chi connectivity index (χ1v) is 6.84. The molecule has 1 N–H and O–H groups in total. The molecule has 0 aliphatic heterocycles. The Bertz CT molecular complexity index is 491. The van der Waals surface area contributed by atoms with E-state index in [0.29, 0.717) is 5.92 Å². The fourth-order valence-corrected chi connectivity index (χ4v) is 1.73. The second-order valence-electron chi connectivity index (χ2n) is 5.18. The van der Waals surface area contributed by atoms with Gasteiger partial charge in [-0.25, -0.2) is 0 Å². The number of hydrogen-bond donors (Lipinski definition) is 1. The summed E-state index contributed by atoms with van der Waals surface area (Å²) in [7, 11) is 0. The van der Waals surface area contributed by atoms with Gasteiger partial charge in [-0.3, -0.25) is 4.79 Å². The average Bonchev–Trinajstić information content (AvgIpc) is 2.38. The molecule has 108 valence electrons. The van der Waals surface area contributed by atoms with Crippen molar-refractivity contribution in [2.75, 3.05) is 0 Å². The number of carboxylic acids is 1. The Kier molecular flexibility index (Phi) is 6.11. The number of ether oxygens (including phenoxy) is 1. The van der Waals surface area contributed by atoms with E-state index < -0.39 is 5.97 Å². The van der Waals surface area contributed by atoms with E-state index in [1.807, 2.05) is 31.2 Å². The van der Waals surface area contributed by atoms with Gasteiger partial charge in [-0.15, -0.1) is 5.92 Å². The Labute approximate surface area is 121 Å². The maximum Gasteiger partial charge on any atom is 0.304 e. The number of hydrogen-bond acceptors (Lipinski definition) is 2. The number of benzene rings is 1. The van der Waals surface area contributed by atoms with Crippen LogP contribution in [-0.4, -0.2) is 17.2 Å². The van der Waals surface area contributed by atoms with E-state index in [2.05, 4.69) is 25.7 Å². The quantitative estimate of drug-likeness (QED) is 0.805. The molecule has 3 nitrogen and oxygen atoms in total. The molecule has 0 radical (unpaired) electrons. The molecule has 2 atom stereocenters. The van der Waals surface area contributed by atoms with Crippen molar-refractivity contribution < 1.29 is 14.6 Å². The SMILES string of the molecule is CC#CC(CC(=O)O)c1ccc(OC(C)C(C)C)cc1. The Morgan fingerprint density at radius 3 is 2.30 bits per heavy atom. The monoisotopic (exact) mass is 274 g/mol. The molecule has 0 saturated carbocycles. The lowest BCUT2D eigenvalue weighted by atomic mass is 9.96. The minimum absolute atomic E-state index is 0.0173. The molecule has 1 rings (SSSR count). The topological polar surface area (TPSA) is 46.5 Å². The predicted octanol–water partition coefficient (Wildman–Crippen LogP) is 3.69. The molecule has 0 aliphatic rings. The van der Waals surface area contributed by atoms with Gasteiger partial charge in [0, 0.05) is 0 Å². The van der Waals surface area contributed by atoms with Crippen molar-refractivity contribution in [3.63, 3.8) is 0 Å². The van der Waals surface area contributed by atoms with Crippen LogP contribution in [0.4, 0.5) is 0 Å². The van der Waals surface area contributed by atoms with E-state index in [1.165, 1.54) is 0 Å². The molecule has 1 aromatic rings. The molecule has 0 bridgehead atoms. The molecule has 0 spiro atoms. The predicted molar refractivity (Wildman–Crippen MR) is 79.8 cm³/mol. The molecule has 3 heteroatoms. The van der Waals surface area contributed by atoms with Crippen molar-refractivity contribution >= 4 is 5.97 Å². The maximum absolute atomic E-state index is 10.9. The van der Waals surface area contributed by atoms with Gasteiger partial charge in [0.2, 0.25) is 0 Å². The highest BCUT2D eigenvalue weighted by Gasteiger charge is 2.14. The highest BCUT2D eigenvalue weighted by molar-refractivity contribution is 5.69. The van der Waals surface area contributed by atoms with Crippen molar-refractivity contribution in [2.45, 2.75) is 46.1 Å². The Balaban J connectivity index is 2.82. The molecule has 0 aromatic heterocycles. The third-order valence-corrected chi connectivity index (χ3v) is 3.24. The number of carbonyl (C=O) groups is 1. The molecule has 0 fully saturated rings. The van der Waals surface area contributed by atoms with Crippen molar-refractivity contribution in [3.8, 4) is 17.6 Å².